The van der Waals surface area contributed by atoms with Crippen LogP contribution in [-0.2, 0) is 0 Å². The standard InChI is InChI=1S/C4H7N.C3H6/c1-4(2)3-5;1-3-2/h3,5H,1H2,2H3;3H,1H2,2H3. The maximum absolute atomic E-state index is 6.43. The average molecular weight is 111 g/mol. The number of allylic oxidation sites excluding steroid dienone is 2. The van der Waals surface area contributed by atoms with Gasteiger partial charge in [0.1, 0.15) is 0 Å². The van der Waals surface area contributed by atoms with Gasteiger partial charge in [0.05, 0.1) is 0 Å². The molecule has 0 radical (unpaired) electrons. The summed E-state index contributed by atoms with van der Waals surface area (Å²) in [5.41, 5.74) is 0.796. The minimum Gasteiger partial charge on any atom is -0.309 e. The van der Waals surface area contributed by atoms with Crippen molar-refractivity contribution in [3.8, 4) is 0 Å². The molecule has 0 aliphatic heterocycles. The lowest BCUT2D eigenvalue weighted by Crippen LogP contribution is -1.63. The fourth-order valence-corrected chi connectivity index (χ4v) is 0. The molecule has 1 heteroatoms. The highest BCUT2D eigenvalue weighted by molar-refractivity contribution is 5.73. The molecular formula is C7H13N. The van der Waals surface area contributed by atoms with Crippen LogP contribution in [0.1, 0.15) is 13.8 Å². The third kappa shape index (κ3) is 67.1. The molecule has 0 atom stereocenters. The molecule has 0 saturated carbocycles. The van der Waals surface area contributed by atoms with Crippen molar-refractivity contribution in [2.24, 2.45) is 0 Å². The lowest BCUT2D eigenvalue weighted by atomic mass is 10.4. The normalized spacial score (nSPS) is 5.75. The summed E-state index contributed by atoms with van der Waals surface area (Å²) in [6.45, 7) is 10.5. The summed E-state index contributed by atoms with van der Waals surface area (Å²) in [6.07, 6.45) is 2.97. The molecular weight excluding hydrogens is 98.1 g/mol. The first-order valence-electron chi connectivity index (χ1n) is 2.42. The first kappa shape index (κ1) is 10.2. The topological polar surface area (TPSA) is 23.9 Å². The van der Waals surface area contributed by atoms with Crippen molar-refractivity contribution in [2.45, 2.75) is 13.8 Å². The Kier molecular flexibility index (Phi) is 12.1. The van der Waals surface area contributed by atoms with Crippen LogP contribution in [0.5, 0.6) is 0 Å². The van der Waals surface area contributed by atoms with Gasteiger partial charge < -0.3 is 5.41 Å². The lowest BCUT2D eigenvalue weighted by molar-refractivity contribution is 1.52. The second-order valence-electron chi connectivity index (χ2n) is 1.40. The molecule has 0 unspecified atom stereocenters. The number of rotatable bonds is 1. The van der Waals surface area contributed by atoms with Gasteiger partial charge in [0.15, 0.2) is 0 Å². The molecule has 0 bridgehead atoms. The van der Waals surface area contributed by atoms with E-state index in [0.29, 0.717) is 0 Å². The highest BCUT2D eigenvalue weighted by Gasteiger charge is 1.61. The zero-order valence-electron chi connectivity index (χ0n) is 5.57. The lowest BCUT2D eigenvalue weighted by Gasteiger charge is -1.69. The first-order chi connectivity index (χ1) is 3.68. The molecule has 0 spiro atoms. The number of hydrogen-bond donors (Lipinski definition) is 1. The summed E-state index contributed by atoms with van der Waals surface area (Å²) < 4.78 is 0. The van der Waals surface area contributed by atoms with Gasteiger partial charge in [-0.1, -0.05) is 12.7 Å². The van der Waals surface area contributed by atoms with E-state index < -0.39 is 0 Å². The second kappa shape index (κ2) is 9.47. The SMILES string of the molecule is C=C(C)C=N.C=CC. The third-order valence-corrected chi connectivity index (χ3v) is 0.246. The molecule has 0 fully saturated rings. The van der Waals surface area contributed by atoms with Gasteiger partial charge in [-0.3, -0.25) is 0 Å². The minimum atomic E-state index is 0.796. The van der Waals surface area contributed by atoms with Crippen molar-refractivity contribution in [1.82, 2.24) is 0 Å². The maximum Gasteiger partial charge on any atom is 0.0201 e. The molecule has 0 heterocycles. The molecule has 0 aliphatic rings. The van der Waals surface area contributed by atoms with Gasteiger partial charge in [0, 0.05) is 6.21 Å². The van der Waals surface area contributed by atoms with Crippen molar-refractivity contribution in [3.05, 3.63) is 24.8 Å². The largest absolute Gasteiger partial charge is 0.309 e. The van der Waals surface area contributed by atoms with E-state index in [1.54, 1.807) is 13.0 Å². The zero-order chi connectivity index (χ0) is 6.99. The average Bonchev–Trinajstić information content (AvgIpc) is 1.69. The fraction of sp³-hybridized carbons (Fsp3) is 0.286. The predicted octanol–water partition coefficient (Wildman–Crippen LogP) is 2.40. The van der Waals surface area contributed by atoms with Crippen molar-refractivity contribution in [3.63, 3.8) is 0 Å². The molecule has 0 aromatic carbocycles. The Morgan fingerprint density at radius 1 is 1.62 bits per heavy atom. The van der Waals surface area contributed by atoms with Crippen LogP contribution < -0.4 is 0 Å². The first-order valence-corrected chi connectivity index (χ1v) is 2.42. The van der Waals surface area contributed by atoms with Crippen LogP contribution in [0.2, 0.25) is 0 Å². The van der Waals surface area contributed by atoms with E-state index in [1.807, 2.05) is 6.92 Å². The summed E-state index contributed by atoms with van der Waals surface area (Å²) in [7, 11) is 0. The molecule has 0 amide bonds. The van der Waals surface area contributed by atoms with E-state index >= 15 is 0 Å². The monoisotopic (exact) mass is 111 g/mol. The summed E-state index contributed by atoms with van der Waals surface area (Å²) >= 11 is 0. The van der Waals surface area contributed by atoms with Crippen LogP contribution in [0.3, 0.4) is 0 Å². The van der Waals surface area contributed by atoms with Crippen molar-refractivity contribution in [2.75, 3.05) is 0 Å². The van der Waals surface area contributed by atoms with Gasteiger partial charge in [-0.25, -0.2) is 0 Å². The summed E-state index contributed by atoms with van der Waals surface area (Å²) in [5, 5.41) is 6.43. The second-order valence-corrected chi connectivity index (χ2v) is 1.40. The Morgan fingerprint density at radius 3 is 1.75 bits per heavy atom. The quantitative estimate of drug-likeness (QED) is 0.397. The predicted molar refractivity (Wildman–Crippen MR) is 39.5 cm³/mol. The smallest absolute Gasteiger partial charge is 0.0201 e. The highest BCUT2D eigenvalue weighted by Crippen LogP contribution is 1.71. The Bertz CT molecular complexity index is 82.4. The minimum absolute atomic E-state index is 0.796. The molecule has 0 aromatic heterocycles. The molecule has 0 aromatic rings. The molecule has 0 saturated heterocycles. The molecule has 8 heavy (non-hydrogen) atoms. The summed E-state index contributed by atoms with van der Waals surface area (Å²) in [5.74, 6) is 0. The van der Waals surface area contributed by atoms with E-state index in [0.717, 1.165) is 5.57 Å². The van der Waals surface area contributed by atoms with Gasteiger partial charge in [-0.15, -0.1) is 6.58 Å². The maximum atomic E-state index is 6.43. The van der Waals surface area contributed by atoms with E-state index in [-0.39, 0.29) is 0 Å². The van der Waals surface area contributed by atoms with Crippen LogP contribution in [0.15, 0.2) is 24.8 Å². The summed E-state index contributed by atoms with van der Waals surface area (Å²) in [6, 6.07) is 0. The number of hydrogen-bond acceptors (Lipinski definition) is 1. The van der Waals surface area contributed by atoms with E-state index in [2.05, 4.69) is 13.2 Å². The molecule has 1 N–H and O–H groups in total. The van der Waals surface area contributed by atoms with Crippen LogP contribution >= 0.6 is 0 Å². The van der Waals surface area contributed by atoms with Gasteiger partial charge in [0.2, 0.25) is 0 Å². The van der Waals surface area contributed by atoms with Gasteiger partial charge in [-0.2, -0.15) is 0 Å². The van der Waals surface area contributed by atoms with Gasteiger partial charge >= 0.3 is 0 Å². The molecule has 1 nitrogen and oxygen atoms in total. The Balaban J connectivity index is 0. The van der Waals surface area contributed by atoms with Crippen LogP contribution in [0, 0.1) is 5.41 Å². The molecule has 0 rings (SSSR count). The van der Waals surface area contributed by atoms with E-state index in [9.17, 15) is 0 Å². The molecule has 46 valence electrons. The third-order valence-electron chi connectivity index (χ3n) is 0.246. The van der Waals surface area contributed by atoms with Gasteiger partial charge in [0.25, 0.3) is 0 Å². The van der Waals surface area contributed by atoms with Crippen LogP contribution in [0.25, 0.3) is 0 Å². The van der Waals surface area contributed by atoms with E-state index in [1.165, 1.54) is 6.21 Å². The fourth-order valence-electron chi connectivity index (χ4n) is 0. The Labute approximate surface area is 51.2 Å². The Hall–Kier alpha value is -0.850. The zero-order valence-corrected chi connectivity index (χ0v) is 5.57. The van der Waals surface area contributed by atoms with Crippen LogP contribution in [-0.4, -0.2) is 6.21 Å². The number of nitrogens with one attached hydrogen (secondary N) is 1. The Morgan fingerprint density at radius 2 is 1.75 bits per heavy atom. The van der Waals surface area contributed by atoms with Crippen molar-refractivity contribution in [1.29, 1.82) is 5.41 Å². The van der Waals surface area contributed by atoms with Crippen molar-refractivity contribution >= 4 is 6.21 Å². The summed E-state index contributed by atoms with van der Waals surface area (Å²) in [4.78, 5) is 0. The highest BCUT2D eigenvalue weighted by atomic mass is 14.3. The van der Waals surface area contributed by atoms with Crippen molar-refractivity contribution < 1.29 is 0 Å². The van der Waals surface area contributed by atoms with Gasteiger partial charge in [-0.05, 0) is 19.4 Å². The molecule has 0 aliphatic carbocycles. The van der Waals surface area contributed by atoms with E-state index in [4.69, 9.17) is 5.41 Å². The van der Waals surface area contributed by atoms with Crippen LogP contribution in [0.4, 0.5) is 0 Å².